The number of aromatic nitrogens is 2. The summed E-state index contributed by atoms with van der Waals surface area (Å²) in [5, 5.41) is 7.09. The van der Waals surface area contributed by atoms with Crippen molar-refractivity contribution in [2.75, 3.05) is 30.3 Å². The summed E-state index contributed by atoms with van der Waals surface area (Å²) in [6.45, 7) is 2.33. The summed E-state index contributed by atoms with van der Waals surface area (Å²) in [5.74, 6) is 0.619. The second kappa shape index (κ2) is 7.45. The summed E-state index contributed by atoms with van der Waals surface area (Å²) in [6.07, 6.45) is 5.03. The Bertz CT molecular complexity index is 768. The molecule has 2 aromatic rings. The largest absolute Gasteiger partial charge is 0.384 e. The first-order chi connectivity index (χ1) is 11.7. The Morgan fingerprint density at radius 1 is 1.32 bits per heavy atom. The van der Waals surface area contributed by atoms with Crippen LogP contribution in [0.15, 0.2) is 30.6 Å². The van der Waals surface area contributed by atoms with E-state index in [1.165, 1.54) is 5.56 Å². The average Bonchev–Trinajstić information content (AvgIpc) is 3.24. The number of nitrogens with one attached hydrogen (secondary N) is 2. The van der Waals surface area contributed by atoms with Crippen LogP contribution in [0.4, 0.5) is 11.6 Å². The van der Waals surface area contributed by atoms with Crippen LogP contribution in [-0.2, 0) is 6.42 Å². The second-order valence-corrected chi connectivity index (χ2v) is 6.59. The number of likely N-dealkylation sites (tertiary alicyclic amines) is 1. The number of benzene rings is 1. The minimum atomic E-state index is 0. The number of fused-ring (bicyclic) bond motifs is 1. The third-order valence-electron chi connectivity index (χ3n) is 4.50. The van der Waals surface area contributed by atoms with Gasteiger partial charge in [-0.2, -0.15) is 0 Å². The van der Waals surface area contributed by atoms with Gasteiger partial charge in [-0.25, -0.2) is 9.97 Å². The summed E-state index contributed by atoms with van der Waals surface area (Å²) in [5.41, 5.74) is 3.11. The molecule has 132 valence electrons. The van der Waals surface area contributed by atoms with Gasteiger partial charge in [-0.05, 0) is 30.5 Å². The van der Waals surface area contributed by atoms with Gasteiger partial charge < -0.3 is 15.5 Å². The lowest BCUT2D eigenvalue weighted by Gasteiger charge is -2.17. The quantitative estimate of drug-likeness (QED) is 0.857. The van der Waals surface area contributed by atoms with E-state index in [1.807, 2.05) is 17.0 Å². The molecule has 6 nitrogen and oxygen atoms in total. The molecule has 1 saturated heterocycles. The molecule has 4 rings (SSSR count). The first-order valence-corrected chi connectivity index (χ1v) is 8.47. The summed E-state index contributed by atoms with van der Waals surface area (Å²) >= 11 is 5.79. The minimum Gasteiger partial charge on any atom is -0.384 e. The smallest absolute Gasteiger partial charge is 0.254 e. The lowest BCUT2D eigenvalue weighted by atomic mass is 10.1. The second-order valence-electron chi connectivity index (χ2n) is 6.15. The van der Waals surface area contributed by atoms with Gasteiger partial charge in [-0.15, -0.1) is 12.4 Å². The van der Waals surface area contributed by atoms with Crippen molar-refractivity contribution in [2.24, 2.45) is 0 Å². The first-order valence-electron chi connectivity index (χ1n) is 8.09. The number of carbonyl (C=O) groups excluding carboxylic acids is 1. The van der Waals surface area contributed by atoms with Gasteiger partial charge in [0.25, 0.3) is 5.91 Å². The van der Waals surface area contributed by atoms with Crippen molar-refractivity contribution in [2.45, 2.75) is 18.9 Å². The summed E-state index contributed by atoms with van der Waals surface area (Å²) < 4.78 is 0. The van der Waals surface area contributed by atoms with E-state index in [9.17, 15) is 4.79 Å². The highest BCUT2D eigenvalue weighted by Crippen LogP contribution is 2.25. The van der Waals surface area contributed by atoms with Crippen molar-refractivity contribution in [3.63, 3.8) is 0 Å². The normalized spacial score (nSPS) is 18.3. The predicted molar refractivity (Wildman–Crippen MR) is 101 cm³/mol. The van der Waals surface area contributed by atoms with Gasteiger partial charge >= 0.3 is 0 Å². The number of hydrogen-bond donors (Lipinski definition) is 2. The van der Waals surface area contributed by atoms with Gasteiger partial charge in [-0.3, -0.25) is 4.79 Å². The van der Waals surface area contributed by atoms with Crippen LogP contribution in [0, 0.1) is 0 Å². The Morgan fingerprint density at radius 2 is 2.12 bits per heavy atom. The number of halogens is 2. The highest BCUT2D eigenvalue weighted by Gasteiger charge is 2.28. The highest BCUT2D eigenvalue weighted by atomic mass is 35.5. The fraction of sp³-hybridized carbons (Fsp3) is 0.353. The molecule has 25 heavy (non-hydrogen) atoms. The number of rotatable bonds is 3. The molecule has 1 atom stereocenters. The monoisotopic (exact) mass is 379 g/mol. The number of carbonyl (C=O) groups is 1. The van der Waals surface area contributed by atoms with E-state index >= 15 is 0 Å². The van der Waals surface area contributed by atoms with E-state index in [-0.39, 0.29) is 24.4 Å². The molecular formula is C17H19Cl2N5O. The lowest BCUT2D eigenvalue weighted by Crippen LogP contribution is -2.31. The Balaban J connectivity index is 0.00000182. The first kappa shape index (κ1) is 17.8. The molecule has 1 aromatic carbocycles. The van der Waals surface area contributed by atoms with E-state index in [0.717, 1.165) is 37.2 Å². The predicted octanol–water partition coefficient (Wildman–Crippen LogP) is 2.85. The number of hydrogen-bond acceptors (Lipinski definition) is 5. The van der Waals surface area contributed by atoms with Crippen molar-refractivity contribution in [3.8, 4) is 0 Å². The van der Waals surface area contributed by atoms with Crippen LogP contribution in [-0.4, -0.2) is 46.5 Å². The SMILES string of the molecule is Cl.O=C(c1ccc2c(c1)NCC2)N1CC[C@@H](Nc2ncc(Cl)cn2)C1. The maximum atomic E-state index is 12.7. The zero-order chi connectivity index (χ0) is 16.5. The summed E-state index contributed by atoms with van der Waals surface area (Å²) in [7, 11) is 0. The van der Waals surface area contributed by atoms with E-state index in [1.54, 1.807) is 12.4 Å². The third kappa shape index (κ3) is 3.80. The zero-order valence-corrected chi connectivity index (χ0v) is 15.1. The Hall–Kier alpha value is -2.05. The molecule has 0 saturated carbocycles. The molecule has 8 heteroatoms. The molecule has 2 aliphatic heterocycles. The minimum absolute atomic E-state index is 0. The zero-order valence-electron chi connectivity index (χ0n) is 13.5. The van der Waals surface area contributed by atoms with E-state index in [2.05, 4.69) is 26.7 Å². The van der Waals surface area contributed by atoms with Gasteiger partial charge in [0, 0.05) is 36.9 Å². The topological polar surface area (TPSA) is 70.2 Å². The van der Waals surface area contributed by atoms with Crippen molar-refractivity contribution in [1.82, 2.24) is 14.9 Å². The van der Waals surface area contributed by atoms with Crippen molar-refractivity contribution < 1.29 is 4.79 Å². The molecule has 0 radical (unpaired) electrons. The van der Waals surface area contributed by atoms with Gasteiger partial charge in [0.2, 0.25) is 5.95 Å². The number of amides is 1. The third-order valence-corrected chi connectivity index (χ3v) is 4.69. The molecule has 0 spiro atoms. The summed E-state index contributed by atoms with van der Waals surface area (Å²) in [4.78, 5) is 22.9. The van der Waals surface area contributed by atoms with Crippen LogP contribution in [0.3, 0.4) is 0 Å². The molecule has 1 fully saturated rings. The van der Waals surface area contributed by atoms with Crippen LogP contribution in [0.1, 0.15) is 22.3 Å². The molecule has 3 heterocycles. The molecule has 0 bridgehead atoms. The van der Waals surface area contributed by atoms with Crippen LogP contribution in [0.2, 0.25) is 5.02 Å². The molecular weight excluding hydrogens is 361 g/mol. The van der Waals surface area contributed by atoms with Crippen LogP contribution in [0.25, 0.3) is 0 Å². The molecule has 1 amide bonds. The van der Waals surface area contributed by atoms with Crippen molar-refractivity contribution in [1.29, 1.82) is 0 Å². The van der Waals surface area contributed by atoms with Gasteiger partial charge in [0.05, 0.1) is 17.4 Å². The molecule has 1 aromatic heterocycles. The average molecular weight is 380 g/mol. The molecule has 0 aliphatic carbocycles. The fourth-order valence-electron chi connectivity index (χ4n) is 3.24. The van der Waals surface area contributed by atoms with E-state index in [4.69, 9.17) is 11.6 Å². The van der Waals surface area contributed by atoms with Crippen LogP contribution < -0.4 is 10.6 Å². The van der Waals surface area contributed by atoms with E-state index < -0.39 is 0 Å². The molecule has 2 N–H and O–H groups in total. The van der Waals surface area contributed by atoms with Gasteiger partial charge in [-0.1, -0.05) is 17.7 Å². The Labute approximate surface area is 157 Å². The Morgan fingerprint density at radius 3 is 2.92 bits per heavy atom. The van der Waals surface area contributed by atoms with Crippen molar-refractivity contribution >= 4 is 41.6 Å². The fourth-order valence-corrected chi connectivity index (χ4v) is 3.34. The van der Waals surface area contributed by atoms with Crippen LogP contribution >= 0.6 is 24.0 Å². The lowest BCUT2D eigenvalue weighted by molar-refractivity contribution is 0.0791. The van der Waals surface area contributed by atoms with Gasteiger partial charge in [0.15, 0.2) is 0 Å². The molecule has 2 aliphatic rings. The Kier molecular flexibility index (Phi) is 5.30. The maximum absolute atomic E-state index is 12.7. The molecule has 0 unspecified atom stereocenters. The maximum Gasteiger partial charge on any atom is 0.254 e. The summed E-state index contributed by atoms with van der Waals surface area (Å²) in [6, 6.07) is 6.10. The van der Waals surface area contributed by atoms with Crippen molar-refractivity contribution in [3.05, 3.63) is 46.7 Å². The number of anilines is 2. The highest BCUT2D eigenvalue weighted by molar-refractivity contribution is 6.30. The number of nitrogens with zero attached hydrogens (tertiary/aromatic N) is 3. The van der Waals surface area contributed by atoms with E-state index in [0.29, 0.717) is 17.5 Å². The van der Waals surface area contributed by atoms with Gasteiger partial charge in [0.1, 0.15) is 0 Å². The standard InChI is InChI=1S/C17H18ClN5O.ClH/c18-13-8-20-17(21-9-13)22-14-4-6-23(10-14)16(24)12-2-1-11-3-5-19-15(11)7-12;/h1-2,7-9,14,19H,3-6,10H2,(H,20,21,22);1H/t14-;/m1./s1. The van der Waals surface area contributed by atoms with Crippen LogP contribution in [0.5, 0.6) is 0 Å².